The first kappa shape index (κ1) is 16.3. The zero-order valence-corrected chi connectivity index (χ0v) is 14.2. The first-order chi connectivity index (χ1) is 10.7. The van der Waals surface area contributed by atoms with Crippen LogP contribution in [0.25, 0.3) is 0 Å². The van der Waals surface area contributed by atoms with Crippen molar-refractivity contribution in [1.29, 1.82) is 0 Å². The molecule has 0 saturated carbocycles. The maximum Gasteiger partial charge on any atom is 0.156 e. The maximum atomic E-state index is 6.11. The summed E-state index contributed by atoms with van der Waals surface area (Å²) >= 11 is 12.2. The van der Waals surface area contributed by atoms with Crippen molar-refractivity contribution < 1.29 is 4.74 Å². The van der Waals surface area contributed by atoms with E-state index in [0.717, 1.165) is 32.7 Å². The van der Waals surface area contributed by atoms with E-state index in [1.54, 1.807) is 12.1 Å². The Morgan fingerprint density at radius 1 is 1.14 bits per heavy atom. The Balaban J connectivity index is 1.43. The van der Waals surface area contributed by atoms with Gasteiger partial charge in [0.15, 0.2) is 5.75 Å². The lowest BCUT2D eigenvalue weighted by molar-refractivity contribution is 0.165. The minimum atomic E-state index is 0.576. The van der Waals surface area contributed by atoms with Gasteiger partial charge in [-0.1, -0.05) is 29.3 Å². The summed E-state index contributed by atoms with van der Waals surface area (Å²) in [6.45, 7) is 8.40. The Labute approximate surface area is 142 Å². The lowest BCUT2D eigenvalue weighted by Crippen LogP contribution is -2.49. The molecular weight excluding hydrogens is 321 g/mol. The Hall–Kier alpha value is -0.520. The molecule has 0 amide bonds. The second-order valence-electron chi connectivity index (χ2n) is 5.93. The number of hydrogen-bond acceptors (Lipinski definition) is 4. The molecular formula is C16H23Cl2N3O. The smallest absolute Gasteiger partial charge is 0.156 e. The van der Waals surface area contributed by atoms with Gasteiger partial charge in [0.2, 0.25) is 0 Å². The molecule has 22 heavy (non-hydrogen) atoms. The third-order valence-electron chi connectivity index (χ3n) is 4.49. The molecule has 122 valence electrons. The van der Waals surface area contributed by atoms with Gasteiger partial charge in [-0.2, -0.15) is 0 Å². The van der Waals surface area contributed by atoms with Gasteiger partial charge < -0.3 is 10.1 Å². The number of hydrogen-bond donors (Lipinski definition) is 1. The Morgan fingerprint density at radius 2 is 1.86 bits per heavy atom. The number of nitrogens with one attached hydrogen (secondary N) is 1. The predicted octanol–water partition coefficient (Wildman–Crippen LogP) is 2.35. The molecule has 1 aromatic rings. The fraction of sp³-hybridized carbons (Fsp3) is 0.625. The Morgan fingerprint density at radius 3 is 2.59 bits per heavy atom. The average Bonchev–Trinajstić information content (AvgIpc) is 3.00. The number of rotatable bonds is 5. The van der Waals surface area contributed by atoms with Gasteiger partial charge >= 0.3 is 0 Å². The molecule has 1 N–H and O–H groups in total. The molecule has 2 aliphatic heterocycles. The minimum absolute atomic E-state index is 0.576. The SMILES string of the molecule is Clc1cccc(Cl)c1OCCN1CCC(N2CCNCC2)C1. The van der Waals surface area contributed by atoms with E-state index >= 15 is 0 Å². The van der Waals surface area contributed by atoms with E-state index in [2.05, 4.69) is 15.1 Å². The van der Waals surface area contributed by atoms with Crippen molar-refractivity contribution in [1.82, 2.24) is 15.1 Å². The average molecular weight is 344 g/mol. The van der Waals surface area contributed by atoms with Crippen molar-refractivity contribution in [2.45, 2.75) is 12.5 Å². The molecule has 0 radical (unpaired) electrons. The van der Waals surface area contributed by atoms with Crippen LogP contribution in [0.15, 0.2) is 18.2 Å². The highest BCUT2D eigenvalue weighted by molar-refractivity contribution is 6.37. The first-order valence-electron chi connectivity index (χ1n) is 7.98. The van der Waals surface area contributed by atoms with E-state index in [4.69, 9.17) is 27.9 Å². The van der Waals surface area contributed by atoms with E-state index in [1.165, 1.54) is 19.5 Å². The lowest BCUT2D eigenvalue weighted by atomic mass is 10.2. The van der Waals surface area contributed by atoms with Crippen LogP contribution < -0.4 is 10.1 Å². The van der Waals surface area contributed by atoms with E-state index in [0.29, 0.717) is 28.4 Å². The molecule has 2 heterocycles. The fourth-order valence-electron chi connectivity index (χ4n) is 3.26. The molecule has 0 spiro atoms. The highest BCUT2D eigenvalue weighted by Gasteiger charge is 2.28. The van der Waals surface area contributed by atoms with Crippen LogP contribution >= 0.6 is 23.2 Å². The van der Waals surface area contributed by atoms with Gasteiger partial charge in [-0.3, -0.25) is 9.80 Å². The molecule has 0 bridgehead atoms. The monoisotopic (exact) mass is 343 g/mol. The van der Waals surface area contributed by atoms with Crippen LogP contribution in [-0.2, 0) is 0 Å². The maximum absolute atomic E-state index is 6.11. The highest BCUT2D eigenvalue weighted by Crippen LogP contribution is 2.32. The van der Waals surface area contributed by atoms with Crippen LogP contribution in [0.2, 0.25) is 10.0 Å². The predicted molar refractivity (Wildman–Crippen MR) is 91.2 cm³/mol. The van der Waals surface area contributed by atoms with Gasteiger partial charge in [0.25, 0.3) is 0 Å². The van der Waals surface area contributed by atoms with Crippen molar-refractivity contribution in [3.63, 3.8) is 0 Å². The molecule has 4 nitrogen and oxygen atoms in total. The number of para-hydroxylation sites is 1. The second-order valence-corrected chi connectivity index (χ2v) is 6.74. The molecule has 2 aliphatic rings. The van der Waals surface area contributed by atoms with Gasteiger partial charge in [0.05, 0.1) is 10.0 Å². The summed E-state index contributed by atoms with van der Waals surface area (Å²) in [4.78, 5) is 5.08. The number of piperazine rings is 1. The topological polar surface area (TPSA) is 27.7 Å². The summed E-state index contributed by atoms with van der Waals surface area (Å²) in [6, 6.07) is 6.14. The Bertz CT molecular complexity index is 474. The second kappa shape index (κ2) is 7.84. The molecule has 0 aliphatic carbocycles. The summed E-state index contributed by atoms with van der Waals surface area (Å²) in [7, 11) is 0. The van der Waals surface area contributed by atoms with Crippen LogP contribution in [0.3, 0.4) is 0 Å². The third kappa shape index (κ3) is 4.06. The van der Waals surface area contributed by atoms with Crippen LogP contribution in [0.1, 0.15) is 6.42 Å². The van der Waals surface area contributed by atoms with Crippen molar-refractivity contribution in [2.24, 2.45) is 0 Å². The van der Waals surface area contributed by atoms with Crippen molar-refractivity contribution in [3.05, 3.63) is 28.2 Å². The van der Waals surface area contributed by atoms with E-state index in [9.17, 15) is 0 Å². The highest BCUT2D eigenvalue weighted by atomic mass is 35.5. The van der Waals surface area contributed by atoms with E-state index in [1.807, 2.05) is 6.07 Å². The molecule has 6 heteroatoms. The number of halogens is 2. The summed E-state index contributed by atoms with van der Waals surface area (Å²) in [5.41, 5.74) is 0. The van der Waals surface area contributed by atoms with Gasteiger partial charge in [0.1, 0.15) is 6.61 Å². The van der Waals surface area contributed by atoms with E-state index < -0.39 is 0 Å². The third-order valence-corrected chi connectivity index (χ3v) is 5.08. The first-order valence-corrected chi connectivity index (χ1v) is 8.73. The molecule has 0 aromatic heterocycles. The van der Waals surface area contributed by atoms with E-state index in [-0.39, 0.29) is 0 Å². The van der Waals surface area contributed by atoms with Gasteiger partial charge in [0, 0.05) is 45.3 Å². The summed E-state index contributed by atoms with van der Waals surface area (Å²) in [5.74, 6) is 0.601. The lowest BCUT2D eigenvalue weighted by Gasteiger charge is -2.32. The number of likely N-dealkylation sites (tertiary alicyclic amines) is 1. The molecule has 3 rings (SSSR count). The van der Waals surface area contributed by atoms with Crippen LogP contribution in [0.4, 0.5) is 0 Å². The van der Waals surface area contributed by atoms with Gasteiger partial charge in [-0.15, -0.1) is 0 Å². The summed E-state index contributed by atoms with van der Waals surface area (Å²) in [5, 5.41) is 4.57. The van der Waals surface area contributed by atoms with Crippen molar-refractivity contribution >= 4 is 23.2 Å². The fourth-order valence-corrected chi connectivity index (χ4v) is 3.76. The van der Waals surface area contributed by atoms with Crippen LogP contribution in [-0.4, -0.2) is 68.3 Å². The molecule has 2 saturated heterocycles. The number of benzene rings is 1. The number of ether oxygens (including phenoxy) is 1. The molecule has 2 fully saturated rings. The largest absolute Gasteiger partial charge is 0.489 e. The molecule has 1 atom stereocenters. The van der Waals surface area contributed by atoms with Crippen molar-refractivity contribution in [2.75, 3.05) is 52.4 Å². The summed E-state index contributed by atoms with van der Waals surface area (Å²) < 4.78 is 5.78. The minimum Gasteiger partial charge on any atom is -0.489 e. The molecule has 1 aromatic carbocycles. The zero-order chi connectivity index (χ0) is 15.4. The standard InChI is InChI=1S/C16H23Cl2N3O/c17-14-2-1-3-15(18)16(14)22-11-10-20-7-4-13(12-20)21-8-5-19-6-9-21/h1-3,13,19H,4-12H2. The van der Waals surface area contributed by atoms with Gasteiger partial charge in [-0.25, -0.2) is 0 Å². The normalized spacial score (nSPS) is 23.8. The Kier molecular flexibility index (Phi) is 5.83. The summed E-state index contributed by atoms with van der Waals surface area (Å²) in [6.07, 6.45) is 1.26. The zero-order valence-electron chi connectivity index (χ0n) is 12.7. The van der Waals surface area contributed by atoms with Crippen molar-refractivity contribution in [3.8, 4) is 5.75 Å². The van der Waals surface area contributed by atoms with Crippen LogP contribution in [0.5, 0.6) is 5.75 Å². The van der Waals surface area contributed by atoms with Gasteiger partial charge in [-0.05, 0) is 25.1 Å². The molecule has 1 unspecified atom stereocenters. The van der Waals surface area contributed by atoms with Crippen LogP contribution in [0, 0.1) is 0 Å². The quantitative estimate of drug-likeness (QED) is 0.888. The number of nitrogens with zero attached hydrogens (tertiary/aromatic N) is 2.